The summed E-state index contributed by atoms with van der Waals surface area (Å²) in [6.07, 6.45) is 67.3. The predicted octanol–water partition coefficient (Wildman–Crippen LogP) is 17.6. The number of aliphatic hydroxyl groups excluding tert-OH is 2. The number of carboxylic acids is 1. The fourth-order valence-electron chi connectivity index (χ4n) is 9.15. The molecule has 83 heavy (non-hydrogen) atoms. The second kappa shape index (κ2) is 57.5. The van der Waals surface area contributed by atoms with Crippen LogP contribution in [-0.4, -0.2) is 89.2 Å². The molecule has 1 fully saturated rings. The summed E-state index contributed by atoms with van der Waals surface area (Å²) < 4.78 is 28.4. The van der Waals surface area contributed by atoms with Gasteiger partial charge < -0.3 is 39.0 Å². The van der Waals surface area contributed by atoms with E-state index in [4.69, 9.17) is 23.7 Å². The van der Waals surface area contributed by atoms with Crippen molar-refractivity contribution in [2.45, 2.75) is 289 Å². The van der Waals surface area contributed by atoms with Gasteiger partial charge in [0, 0.05) is 19.3 Å². The van der Waals surface area contributed by atoms with Crippen molar-refractivity contribution >= 4 is 23.9 Å². The first-order chi connectivity index (χ1) is 40.6. The van der Waals surface area contributed by atoms with Gasteiger partial charge >= 0.3 is 23.9 Å². The molecule has 3 N–H and O–H groups in total. The number of allylic oxidation sites excluding steroid dienone is 20. The van der Waals surface area contributed by atoms with E-state index in [1.54, 1.807) is 0 Å². The van der Waals surface area contributed by atoms with Gasteiger partial charge in [0.25, 0.3) is 0 Å². The zero-order valence-corrected chi connectivity index (χ0v) is 51.9. The first kappa shape index (κ1) is 76.1. The first-order valence-corrected chi connectivity index (χ1v) is 32.5. The number of aliphatic carboxylic acids is 1. The average molecular weight is 1160 g/mol. The van der Waals surface area contributed by atoms with Crippen molar-refractivity contribution in [3.63, 3.8) is 0 Å². The minimum Gasteiger partial charge on any atom is -0.479 e. The summed E-state index contributed by atoms with van der Waals surface area (Å²) in [7, 11) is 0. The van der Waals surface area contributed by atoms with E-state index in [1.807, 2.05) is 12.2 Å². The molecule has 1 aliphatic heterocycles. The molecule has 0 radical (unpaired) electrons. The Kier molecular flexibility index (Phi) is 52.8. The molecule has 0 amide bonds. The molecule has 6 unspecified atom stereocenters. The monoisotopic (exact) mass is 1160 g/mol. The molecule has 1 heterocycles. The summed E-state index contributed by atoms with van der Waals surface area (Å²) in [5.41, 5.74) is 0. The Morgan fingerprint density at radius 2 is 0.783 bits per heavy atom. The van der Waals surface area contributed by atoms with E-state index < -0.39 is 67.3 Å². The van der Waals surface area contributed by atoms with E-state index in [2.05, 4.69) is 130 Å². The normalized spacial score (nSPS) is 18.4. The maximum atomic E-state index is 13.2. The highest BCUT2D eigenvalue weighted by Crippen LogP contribution is 2.26. The van der Waals surface area contributed by atoms with Gasteiger partial charge in [0.1, 0.15) is 18.8 Å². The first-order valence-electron chi connectivity index (χ1n) is 32.5. The minimum absolute atomic E-state index is 0.0322. The maximum Gasteiger partial charge on any atom is 0.335 e. The van der Waals surface area contributed by atoms with Gasteiger partial charge in [-0.05, 0) is 96.3 Å². The van der Waals surface area contributed by atoms with Crippen molar-refractivity contribution in [1.29, 1.82) is 0 Å². The molecule has 12 heteroatoms. The summed E-state index contributed by atoms with van der Waals surface area (Å²) in [4.78, 5) is 51.3. The molecule has 0 saturated carbocycles. The van der Waals surface area contributed by atoms with Gasteiger partial charge in [0.2, 0.25) is 0 Å². The number of aliphatic hydroxyl groups is 2. The molecule has 1 rings (SSSR count). The van der Waals surface area contributed by atoms with Crippen LogP contribution < -0.4 is 0 Å². The summed E-state index contributed by atoms with van der Waals surface area (Å²) in [5.74, 6) is -3.25. The molecular formula is C71H114O12. The number of hydrogen-bond acceptors (Lipinski definition) is 11. The largest absolute Gasteiger partial charge is 0.479 e. The topological polar surface area (TPSA) is 175 Å². The third-order valence-corrected chi connectivity index (χ3v) is 14.0. The summed E-state index contributed by atoms with van der Waals surface area (Å²) in [5, 5.41) is 31.6. The van der Waals surface area contributed by atoms with Crippen LogP contribution in [0.5, 0.6) is 0 Å². The molecular weight excluding hydrogens is 1040 g/mol. The molecule has 0 aromatic carbocycles. The van der Waals surface area contributed by atoms with Crippen LogP contribution >= 0.6 is 0 Å². The van der Waals surface area contributed by atoms with Crippen LogP contribution in [0.25, 0.3) is 0 Å². The van der Waals surface area contributed by atoms with Crippen molar-refractivity contribution in [2.24, 2.45) is 0 Å². The number of carbonyl (C=O) groups excluding carboxylic acids is 3. The Morgan fingerprint density at radius 3 is 1.20 bits per heavy atom. The second-order valence-electron chi connectivity index (χ2n) is 21.6. The van der Waals surface area contributed by atoms with Crippen LogP contribution in [0.2, 0.25) is 0 Å². The number of unbranched alkanes of at least 4 members (excludes halogenated alkanes) is 20. The predicted molar refractivity (Wildman–Crippen MR) is 340 cm³/mol. The number of carboxylic acid groups (broad SMARTS) is 1. The van der Waals surface area contributed by atoms with Gasteiger partial charge in [-0.3, -0.25) is 14.4 Å². The number of esters is 3. The number of rotatable bonds is 54. The van der Waals surface area contributed by atoms with Gasteiger partial charge in [0.15, 0.2) is 24.6 Å². The quantitative estimate of drug-likeness (QED) is 0.0228. The zero-order valence-electron chi connectivity index (χ0n) is 51.9. The lowest BCUT2D eigenvalue weighted by Crippen LogP contribution is -2.61. The van der Waals surface area contributed by atoms with E-state index in [-0.39, 0.29) is 25.9 Å². The fourth-order valence-corrected chi connectivity index (χ4v) is 9.15. The molecule has 0 bridgehead atoms. The molecule has 0 spiro atoms. The molecule has 1 saturated heterocycles. The van der Waals surface area contributed by atoms with Crippen LogP contribution in [0.1, 0.15) is 252 Å². The zero-order chi connectivity index (χ0) is 60.3. The Bertz CT molecular complexity index is 1900. The maximum absolute atomic E-state index is 13.2. The average Bonchev–Trinajstić information content (AvgIpc) is 3.57. The minimum atomic E-state index is -1.92. The van der Waals surface area contributed by atoms with E-state index in [0.717, 1.165) is 122 Å². The van der Waals surface area contributed by atoms with E-state index in [0.29, 0.717) is 19.3 Å². The van der Waals surface area contributed by atoms with Crippen LogP contribution in [0.3, 0.4) is 0 Å². The number of ether oxygens (including phenoxy) is 5. The van der Waals surface area contributed by atoms with Crippen molar-refractivity contribution in [2.75, 3.05) is 13.2 Å². The molecule has 0 aromatic rings. The molecule has 12 nitrogen and oxygen atoms in total. The Labute approximate surface area is 503 Å². The van der Waals surface area contributed by atoms with Crippen LogP contribution in [0.4, 0.5) is 0 Å². The molecule has 1 aliphatic rings. The summed E-state index contributed by atoms with van der Waals surface area (Å²) >= 11 is 0. The van der Waals surface area contributed by atoms with Crippen molar-refractivity contribution in [3.8, 4) is 0 Å². The molecule has 6 atom stereocenters. The number of carbonyl (C=O) groups is 4. The summed E-state index contributed by atoms with van der Waals surface area (Å²) in [6, 6.07) is 0. The molecule has 0 aliphatic carbocycles. The van der Waals surface area contributed by atoms with Gasteiger partial charge in [-0.1, -0.05) is 258 Å². The summed E-state index contributed by atoms with van der Waals surface area (Å²) in [6.45, 7) is 5.72. The SMILES string of the molecule is CC/C=C\C/C=C\C/C=C\C/C=C\C/C=C\C/C=C\CCC(=O)OCC(COC1OC(C(=O)O)C(O)C(O)C1OC(=O)CCCCCCCC/C=C\C/C=C\C/C=C\C/C=C\CC)OC(=O)CCCCCCCCCCCCCCCCC. The Balaban J connectivity index is 2.71. The molecule has 0 aromatic heterocycles. The van der Waals surface area contributed by atoms with Crippen LogP contribution in [-0.2, 0) is 42.9 Å². The van der Waals surface area contributed by atoms with Crippen molar-refractivity contribution < 1.29 is 58.2 Å². The lowest BCUT2D eigenvalue weighted by molar-refractivity contribution is -0.301. The van der Waals surface area contributed by atoms with Gasteiger partial charge in [-0.25, -0.2) is 4.79 Å². The van der Waals surface area contributed by atoms with Crippen molar-refractivity contribution in [1.82, 2.24) is 0 Å². The van der Waals surface area contributed by atoms with E-state index >= 15 is 0 Å². The lowest BCUT2D eigenvalue weighted by atomic mass is 9.98. The van der Waals surface area contributed by atoms with Gasteiger partial charge in [-0.2, -0.15) is 0 Å². The highest BCUT2D eigenvalue weighted by molar-refractivity contribution is 5.74. The third-order valence-electron chi connectivity index (χ3n) is 14.0. The van der Waals surface area contributed by atoms with Gasteiger partial charge in [-0.15, -0.1) is 0 Å². The second-order valence-corrected chi connectivity index (χ2v) is 21.6. The van der Waals surface area contributed by atoms with Crippen LogP contribution in [0.15, 0.2) is 122 Å². The van der Waals surface area contributed by atoms with E-state index in [1.165, 1.54) is 70.6 Å². The van der Waals surface area contributed by atoms with Gasteiger partial charge in [0.05, 0.1) is 6.61 Å². The van der Waals surface area contributed by atoms with Crippen molar-refractivity contribution in [3.05, 3.63) is 122 Å². The standard InChI is InChI=1S/C71H114O12/c1-4-7-10-13-16-19-22-25-28-30-32-34-37-39-42-45-48-51-54-57-63(72)79-60-62(81-64(73)58-55-52-49-46-43-40-36-27-24-21-18-15-12-9-6-3)61-80-71-69(67(76)66(75)68(83-71)70(77)78)82-65(74)59-56-53-50-47-44-41-38-35-33-31-29-26-23-20-17-14-11-8-5-2/h7-8,10-11,16-17,19-20,25-26,28-29,32-35,39,42,48,51,62,66-69,71,75-76H,4-6,9,12-15,18,21-24,27,30-31,36-38,40-41,43-47,49-50,52-61H2,1-3H3,(H,77,78)/b10-7-,11-8-,19-16-,20-17-,28-25-,29-26-,34-32-,35-33-,42-39-,51-48-. The Morgan fingerprint density at radius 1 is 0.410 bits per heavy atom. The highest BCUT2D eigenvalue weighted by Gasteiger charge is 2.50. The van der Waals surface area contributed by atoms with E-state index in [9.17, 15) is 34.5 Å². The highest BCUT2D eigenvalue weighted by atomic mass is 16.7. The smallest absolute Gasteiger partial charge is 0.335 e. The molecule has 470 valence electrons. The Hall–Kier alpha value is -4.88. The number of hydrogen-bond donors (Lipinski definition) is 3. The van der Waals surface area contributed by atoms with Crippen LogP contribution in [0, 0.1) is 0 Å². The third kappa shape index (κ3) is 47.1. The fraction of sp³-hybridized carbons (Fsp3) is 0.662. The lowest BCUT2D eigenvalue weighted by Gasteiger charge is -2.40.